The van der Waals surface area contributed by atoms with Crippen molar-refractivity contribution in [2.45, 2.75) is 6.54 Å². The number of carbonyl (C=O) groups is 2. The Kier molecular flexibility index (Phi) is 6.59. The van der Waals surface area contributed by atoms with E-state index in [2.05, 4.69) is 0 Å². The topological polar surface area (TPSA) is 113 Å². The molecule has 0 saturated carbocycles. The lowest BCUT2D eigenvalue weighted by Crippen LogP contribution is -2.49. The lowest BCUT2D eigenvalue weighted by atomic mass is 10.1. The minimum atomic E-state index is -3.16. The molecule has 3 N–H and O–H groups in total. The van der Waals surface area contributed by atoms with Crippen LogP contribution in [0, 0.1) is 5.82 Å². The minimum Gasteiger partial charge on any atom is -0.322 e. The van der Waals surface area contributed by atoms with Crippen molar-refractivity contribution in [2.75, 3.05) is 29.5 Å². The summed E-state index contributed by atoms with van der Waals surface area (Å²) in [6.45, 7) is -0.00717. The van der Waals surface area contributed by atoms with Crippen LogP contribution in [0.3, 0.4) is 0 Å². The number of nitrogens with zero attached hydrogens (tertiary/aromatic N) is 2. The summed E-state index contributed by atoms with van der Waals surface area (Å²) in [5.74, 6) is 3.51. The predicted octanol–water partition coefficient (Wildman–Crippen LogP) is 1.94. The highest BCUT2D eigenvalue weighted by Crippen LogP contribution is 2.24. The summed E-state index contributed by atoms with van der Waals surface area (Å²) < 4.78 is 38.0. The molecule has 2 aromatic carbocycles. The van der Waals surface area contributed by atoms with Crippen molar-refractivity contribution in [1.29, 1.82) is 0 Å². The van der Waals surface area contributed by atoms with Gasteiger partial charge in [-0.25, -0.2) is 23.4 Å². The third kappa shape index (κ3) is 5.07. The fourth-order valence-corrected chi connectivity index (χ4v) is 4.36. The van der Waals surface area contributed by atoms with E-state index in [1.807, 2.05) is 5.43 Å². The number of hydrogen-bond donors (Lipinski definition) is 2. The van der Waals surface area contributed by atoms with Gasteiger partial charge in [-0.3, -0.25) is 15.1 Å². The Morgan fingerprint density at radius 3 is 2.33 bits per heavy atom. The van der Waals surface area contributed by atoms with Crippen molar-refractivity contribution in [3.05, 3.63) is 64.4 Å². The summed E-state index contributed by atoms with van der Waals surface area (Å²) >= 11 is 5.93. The van der Waals surface area contributed by atoms with Crippen LogP contribution in [-0.4, -0.2) is 49.9 Å². The number of nitrogens with two attached hydrogens (primary N) is 1. The molecule has 0 radical (unpaired) electrons. The first kappa shape index (κ1) is 22.0. The Hall–Kier alpha value is -2.69. The Morgan fingerprint density at radius 2 is 1.77 bits per heavy atom. The molecular weight excluding hydrogens is 435 g/mol. The first-order chi connectivity index (χ1) is 14.2. The fraction of sp³-hybridized carbons (Fsp3) is 0.263. The molecule has 8 nitrogen and oxygen atoms in total. The molecule has 3 amide bonds. The van der Waals surface area contributed by atoms with Crippen molar-refractivity contribution >= 4 is 39.1 Å². The molecule has 1 aliphatic heterocycles. The Labute approximate surface area is 178 Å². The van der Waals surface area contributed by atoms with Crippen LogP contribution in [0.5, 0.6) is 0 Å². The van der Waals surface area contributed by atoms with E-state index in [1.54, 1.807) is 24.3 Å². The van der Waals surface area contributed by atoms with Crippen molar-refractivity contribution in [2.24, 2.45) is 5.84 Å². The highest BCUT2D eigenvalue weighted by Gasteiger charge is 2.29. The molecule has 1 heterocycles. The maximum absolute atomic E-state index is 14.6. The number of anilines is 1. The lowest BCUT2D eigenvalue weighted by molar-refractivity contribution is 0.0953. The van der Waals surface area contributed by atoms with E-state index in [0.29, 0.717) is 10.7 Å². The second kappa shape index (κ2) is 8.99. The monoisotopic (exact) mass is 454 g/mol. The maximum Gasteiger partial charge on any atom is 0.324 e. The van der Waals surface area contributed by atoms with E-state index >= 15 is 0 Å². The molecule has 11 heteroatoms. The third-order valence-corrected chi connectivity index (χ3v) is 6.62. The van der Waals surface area contributed by atoms with Crippen molar-refractivity contribution < 1.29 is 22.4 Å². The number of benzene rings is 2. The molecule has 30 heavy (non-hydrogen) atoms. The molecule has 3 rings (SSSR count). The van der Waals surface area contributed by atoms with Gasteiger partial charge in [-0.15, -0.1) is 0 Å². The molecule has 1 fully saturated rings. The summed E-state index contributed by atoms with van der Waals surface area (Å²) in [5.41, 5.74) is 2.63. The number of hydrazine groups is 1. The number of halogens is 2. The molecule has 0 aliphatic carbocycles. The van der Waals surface area contributed by atoms with Crippen LogP contribution < -0.4 is 16.2 Å². The van der Waals surface area contributed by atoms with Gasteiger partial charge in [0.1, 0.15) is 5.82 Å². The number of hydrogen-bond acceptors (Lipinski definition) is 5. The molecule has 0 bridgehead atoms. The SMILES string of the molecule is NNC(=O)c1ccc(CN(C(=O)N2CCS(=O)(=O)CC2)c2ccc(Cl)cc2)c(F)c1. The number of sulfone groups is 1. The van der Waals surface area contributed by atoms with Gasteiger partial charge >= 0.3 is 6.03 Å². The molecule has 1 aliphatic rings. The van der Waals surface area contributed by atoms with Crippen LogP contribution in [0.2, 0.25) is 5.02 Å². The molecule has 0 spiro atoms. The second-order valence-corrected chi connectivity index (χ2v) is 9.50. The fourth-order valence-electron chi connectivity index (χ4n) is 3.04. The van der Waals surface area contributed by atoms with Gasteiger partial charge < -0.3 is 4.90 Å². The van der Waals surface area contributed by atoms with Gasteiger partial charge in [0.05, 0.1) is 18.1 Å². The van der Waals surface area contributed by atoms with Gasteiger partial charge in [0.15, 0.2) is 9.84 Å². The average Bonchev–Trinajstić information content (AvgIpc) is 2.72. The highest BCUT2D eigenvalue weighted by molar-refractivity contribution is 7.91. The molecule has 0 unspecified atom stereocenters. The number of urea groups is 1. The predicted molar refractivity (Wildman–Crippen MR) is 111 cm³/mol. The van der Waals surface area contributed by atoms with Crippen LogP contribution in [0.25, 0.3) is 0 Å². The summed E-state index contributed by atoms with van der Waals surface area (Å²) in [5, 5.41) is 0.471. The molecule has 160 valence electrons. The van der Waals surface area contributed by atoms with Gasteiger partial charge in [-0.05, 0) is 36.4 Å². The third-order valence-electron chi connectivity index (χ3n) is 4.76. The van der Waals surface area contributed by atoms with Gasteiger partial charge in [0.25, 0.3) is 5.91 Å². The second-order valence-electron chi connectivity index (χ2n) is 6.76. The number of carbonyl (C=O) groups excluding carboxylic acids is 2. The van der Waals surface area contributed by atoms with Crippen LogP contribution >= 0.6 is 11.6 Å². The summed E-state index contributed by atoms with van der Waals surface area (Å²) in [6, 6.07) is 9.83. The molecule has 1 saturated heterocycles. The quantitative estimate of drug-likeness (QED) is 0.416. The zero-order chi connectivity index (χ0) is 21.9. The van der Waals surface area contributed by atoms with Crippen LogP contribution in [0.15, 0.2) is 42.5 Å². The van der Waals surface area contributed by atoms with E-state index in [1.165, 1.54) is 21.9 Å². The molecule has 0 aromatic heterocycles. The lowest BCUT2D eigenvalue weighted by Gasteiger charge is -2.33. The maximum atomic E-state index is 14.6. The Morgan fingerprint density at radius 1 is 1.13 bits per heavy atom. The van der Waals surface area contributed by atoms with Crippen LogP contribution in [0.1, 0.15) is 15.9 Å². The molecular formula is C19H20ClFN4O4S. The number of nitrogens with one attached hydrogen (secondary N) is 1. The summed E-state index contributed by atoms with van der Waals surface area (Å²) in [7, 11) is -3.16. The average molecular weight is 455 g/mol. The van der Waals surface area contributed by atoms with E-state index in [4.69, 9.17) is 17.4 Å². The summed E-state index contributed by atoms with van der Waals surface area (Å²) in [4.78, 5) is 27.5. The Balaban J connectivity index is 1.89. The number of amides is 3. The smallest absolute Gasteiger partial charge is 0.322 e. The summed E-state index contributed by atoms with van der Waals surface area (Å²) in [6.07, 6.45) is 0. The zero-order valence-electron chi connectivity index (χ0n) is 15.8. The zero-order valence-corrected chi connectivity index (χ0v) is 17.4. The van der Waals surface area contributed by atoms with Crippen LogP contribution in [-0.2, 0) is 16.4 Å². The van der Waals surface area contributed by atoms with E-state index in [-0.39, 0.29) is 42.3 Å². The highest BCUT2D eigenvalue weighted by atomic mass is 35.5. The van der Waals surface area contributed by atoms with Crippen LogP contribution in [0.4, 0.5) is 14.9 Å². The minimum absolute atomic E-state index is 0.0457. The first-order valence-electron chi connectivity index (χ1n) is 9.02. The molecule has 2 aromatic rings. The van der Waals surface area contributed by atoms with Crippen molar-refractivity contribution in [1.82, 2.24) is 10.3 Å². The van der Waals surface area contributed by atoms with E-state index < -0.39 is 27.6 Å². The molecule has 0 atom stereocenters. The first-order valence-corrected chi connectivity index (χ1v) is 11.2. The standard InChI is InChI=1S/C19H20ClFN4O4S/c20-15-3-5-16(6-4-15)25(19(27)24-7-9-30(28,29)10-8-24)12-14-2-1-13(11-17(14)21)18(26)23-22/h1-6,11H,7-10,12,22H2,(H,23,26). The van der Waals surface area contributed by atoms with E-state index in [0.717, 1.165) is 6.07 Å². The van der Waals surface area contributed by atoms with Crippen molar-refractivity contribution in [3.63, 3.8) is 0 Å². The Bertz CT molecular complexity index is 1050. The van der Waals surface area contributed by atoms with Gasteiger partial charge in [-0.2, -0.15) is 0 Å². The van der Waals surface area contributed by atoms with Crippen molar-refractivity contribution in [3.8, 4) is 0 Å². The number of rotatable bonds is 4. The van der Waals surface area contributed by atoms with Gasteiger partial charge in [0, 0.05) is 34.9 Å². The van der Waals surface area contributed by atoms with Gasteiger partial charge in [0.2, 0.25) is 0 Å². The van der Waals surface area contributed by atoms with Gasteiger partial charge in [-0.1, -0.05) is 17.7 Å². The number of nitrogen functional groups attached to an aromatic ring is 1. The largest absolute Gasteiger partial charge is 0.324 e. The normalized spacial score (nSPS) is 15.5. The van der Waals surface area contributed by atoms with E-state index in [9.17, 15) is 22.4 Å².